The Bertz CT molecular complexity index is 11.6. The van der Waals surface area contributed by atoms with E-state index < -0.39 is 0 Å². The molecule has 0 saturated carbocycles. The summed E-state index contributed by atoms with van der Waals surface area (Å²) in [5.41, 5.74) is 0. The molecule has 0 aromatic heterocycles. The number of hydrogen-bond acceptors (Lipinski definition) is 1. The third-order valence-electron chi connectivity index (χ3n) is 0. The van der Waals surface area contributed by atoms with Crippen LogP contribution in [0.25, 0.3) is 0 Å². The molecule has 0 unspecified atom stereocenters. The number of rotatable bonds is 0. The Balaban J connectivity index is 0. The minimum absolute atomic E-state index is 0. The monoisotopic (exact) mass is 150 g/mol. The molecule has 0 aromatic rings. The second kappa shape index (κ2) is 4.84. The first-order valence-corrected chi connectivity index (χ1v) is 1.41. The van der Waals surface area contributed by atoms with Crippen LogP contribution in [0.5, 0.6) is 0 Å². The number of hydrogen-bond donors (Lipinski definition) is 1. The standard InChI is InChI=1S/C3H8O.Zr/c1-3(2)4;/h3-4H,1-2H3;/q;+4. The van der Waals surface area contributed by atoms with Gasteiger partial charge in [0, 0.05) is 6.10 Å². The van der Waals surface area contributed by atoms with Crippen molar-refractivity contribution in [1.82, 2.24) is 0 Å². The van der Waals surface area contributed by atoms with Crippen molar-refractivity contribution in [2.24, 2.45) is 0 Å². The van der Waals surface area contributed by atoms with Crippen LogP contribution in [0.3, 0.4) is 0 Å². The molecule has 0 aliphatic carbocycles. The van der Waals surface area contributed by atoms with Crippen LogP contribution >= 0.6 is 0 Å². The Kier molecular flexibility index (Phi) is 8.99. The Morgan fingerprint density at radius 3 is 1.40 bits per heavy atom. The topological polar surface area (TPSA) is 20.2 Å². The van der Waals surface area contributed by atoms with Gasteiger partial charge >= 0.3 is 26.2 Å². The molecular formula is C3H8OZr+4. The van der Waals surface area contributed by atoms with Crippen molar-refractivity contribution >= 4 is 0 Å². The van der Waals surface area contributed by atoms with Crippen LogP contribution < -0.4 is 0 Å². The Morgan fingerprint density at radius 1 is 1.40 bits per heavy atom. The van der Waals surface area contributed by atoms with E-state index in [1.165, 1.54) is 0 Å². The largest absolute Gasteiger partial charge is 4.00 e. The van der Waals surface area contributed by atoms with E-state index in [-0.39, 0.29) is 32.3 Å². The van der Waals surface area contributed by atoms with Gasteiger partial charge in [-0.05, 0) is 13.8 Å². The Hall–Kier alpha value is 0.843. The summed E-state index contributed by atoms with van der Waals surface area (Å²) in [6.45, 7) is 3.44. The molecule has 0 radical (unpaired) electrons. The van der Waals surface area contributed by atoms with E-state index in [9.17, 15) is 0 Å². The summed E-state index contributed by atoms with van der Waals surface area (Å²) >= 11 is 0. The molecule has 0 heterocycles. The van der Waals surface area contributed by atoms with E-state index >= 15 is 0 Å². The predicted octanol–water partition coefficient (Wildman–Crippen LogP) is 0.385. The van der Waals surface area contributed by atoms with Gasteiger partial charge in [0.1, 0.15) is 0 Å². The molecule has 0 saturated heterocycles. The third-order valence-corrected chi connectivity index (χ3v) is 0. The molecule has 0 atom stereocenters. The van der Waals surface area contributed by atoms with Gasteiger partial charge in [-0.15, -0.1) is 0 Å². The maximum Gasteiger partial charge on any atom is 4.00 e. The quantitative estimate of drug-likeness (QED) is 0.531. The third kappa shape index (κ3) is 55.1. The first kappa shape index (κ1) is 9.28. The maximum atomic E-state index is 8.06. The van der Waals surface area contributed by atoms with Gasteiger partial charge < -0.3 is 5.11 Å². The minimum Gasteiger partial charge on any atom is -0.394 e. The average Bonchev–Trinajstić information content (AvgIpc) is 0.811. The summed E-state index contributed by atoms with van der Waals surface area (Å²) < 4.78 is 0. The molecule has 0 spiro atoms. The summed E-state index contributed by atoms with van der Waals surface area (Å²) in [5, 5.41) is 8.06. The molecule has 1 N–H and O–H groups in total. The van der Waals surface area contributed by atoms with Crippen molar-refractivity contribution in [3.8, 4) is 0 Å². The molecule has 0 aliphatic heterocycles. The zero-order valence-corrected chi connectivity index (χ0v) is 5.98. The van der Waals surface area contributed by atoms with Crippen molar-refractivity contribution in [3.05, 3.63) is 0 Å². The molecule has 0 aliphatic rings. The second-order valence-electron chi connectivity index (χ2n) is 1.09. The molecule has 0 fully saturated rings. The van der Waals surface area contributed by atoms with Crippen molar-refractivity contribution in [3.63, 3.8) is 0 Å². The summed E-state index contributed by atoms with van der Waals surface area (Å²) in [6, 6.07) is 0. The smallest absolute Gasteiger partial charge is 0.394 e. The zero-order valence-electron chi connectivity index (χ0n) is 3.52. The molecular weight excluding hydrogens is 143 g/mol. The fraction of sp³-hybridized carbons (Fsp3) is 1.00. The van der Waals surface area contributed by atoms with Gasteiger partial charge in [-0.2, -0.15) is 0 Å². The van der Waals surface area contributed by atoms with Crippen LogP contribution in [0.15, 0.2) is 0 Å². The van der Waals surface area contributed by atoms with Gasteiger partial charge in [0.05, 0.1) is 0 Å². The Morgan fingerprint density at radius 2 is 1.40 bits per heavy atom. The fourth-order valence-corrected chi connectivity index (χ4v) is 0. The van der Waals surface area contributed by atoms with E-state index in [4.69, 9.17) is 5.11 Å². The predicted molar refractivity (Wildman–Crippen MR) is 17.4 cm³/mol. The zero-order chi connectivity index (χ0) is 3.58. The molecule has 0 bridgehead atoms. The number of aliphatic hydroxyl groups excluding tert-OH is 1. The average molecular weight is 151 g/mol. The van der Waals surface area contributed by atoms with Crippen molar-refractivity contribution < 1.29 is 31.3 Å². The van der Waals surface area contributed by atoms with Crippen LogP contribution in [0.2, 0.25) is 0 Å². The first-order valence-electron chi connectivity index (χ1n) is 1.41. The van der Waals surface area contributed by atoms with Crippen molar-refractivity contribution in [2.75, 3.05) is 0 Å². The van der Waals surface area contributed by atoms with Gasteiger partial charge in [-0.3, -0.25) is 0 Å². The summed E-state index contributed by atoms with van der Waals surface area (Å²) in [5.74, 6) is 0. The van der Waals surface area contributed by atoms with Gasteiger partial charge in [0.2, 0.25) is 0 Å². The van der Waals surface area contributed by atoms with Gasteiger partial charge in [-0.1, -0.05) is 0 Å². The molecule has 5 heavy (non-hydrogen) atoms. The van der Waals surface area contributed by atoms with E-state index in [1.54, 1.807) is 13.8 Å². The maximum absolute atomic E-state index is 8.06. The molecule has 0 amide bonds. The van der Waals surface area contributed by atoms with E-state index in [2.05, 4.69) is 0 Å². The van der Waals surface area contributed by atoms with Gasteiger partial charge in [-0.25, -0.2) is 0 Å². The van der Waals surface area contributed by atoms with Gasteiger partial charge in [0.15, 0.2) is 0 Å². The normalized spacial score (nSPS) is 7.20. The second-order valence-corrected chi connectivity index (χ2v) is 1.09. The van der Waals surface area contributed by atoms with E-state index in [0.29, 0.717) is 0 Å². The molecule has 2 heteroatoms. The van der Waals surface area contributed by atoms with E-state index in [0.717, 1.165) is 0 Å². The molecule has 26 valence electrons. The van der Waals surface area contributed by atoms with Crippen LogP contribution in [-0.2, 0) is 26.2 Å². The molecule has 0 rings (SSSR count). The summed E-state index contributed by atoms with van der Waals surface area (Å²) in [7, 11) is 0. The number of aliphatic hydroxyl groups is 1. The molecule has 0 aromatic carbocycles. The summed E-state index contributed by atoms with van der Waals surface area (Å²) in [4.78, 5) is 0. The van der Waals surface area contributed by atoms with Crippen molar-refractivity contribution in [2.45, 2.75) is 20.0 Å². The molecule has 1 nitrogen and oxygen atoms in total. The van der Waals surface area contributed by atoms with Crippen LogP contribution in [-0.4, -0.2) is 11.2 Å². The minimum atomic E-state index is -0.167. The van der Waals surface area contributed by atoms with Crippen LogP contribution in [0, 0.1) is 0 Å². The SMILES string of the molecule is CC(C)O.[Zr+4]. The van der Waals surface area contributed by atoms with Crippen LogP contribution in [0.4, 0.5) is 0 Å². The van der Waals surface area contributed by atoms with Gasteiger partial charge in [0.25, 0.3) is 0 Å². The van der Waals surface area contributed by atoms with Crippen molar-refractivity contribution in [1.29, 1.82) is 0 Å². The summed E-state index contributed by atoms with van der Waals surface area (Å²) in [6.07, 6.45) is -0.167. The Labute approximate surface area is 51.5 Å². The van der Waals surface area contributed by atoms with E-state index in [1.807, 2.05) is 0 Å². The fourth-order valence-electron chi connectivity index (χ4n) is 0. The first-order chi connectivity index (χ1) is 1.73. The van der Waals surface area contributed by atoms with Crippen LogP contribution in [0.1, 0.15) is 13.8 Å².